The van der Waals surface area contributed by atoms with Gasteiger partial charge >= 0.3 is 0 Å². The van der Waals surface area contributed by atoms with E-state index in [-0.39, 0.29) is 5.91 Å². The van der Waals surface area contributed by atoms with Crippen molar-refractivity contribution in [3.63, 3.8) is 0 Å². The molecule has 3 heteroatoms. The van der Waals surface area contributed by atoms with Crippen molar-refractivity contribution in [2.45, 2.75) is 110 Å². The maximum absolute atomic E-state index is 12.0. The van der Waals surface area contributed by atoms with Gasteiger partial charge in [0.15, 0.2) is 0 Å². The van der Waals surface area contributed by atoms with Crippen LogP contribution < -0.4 is 10.9 Å². The molecule has 0 spiro atoms. The summed E-state index contributed by atoms with van der Waals surface area (Å²) in [6.07, 6.45) is 20.8. The van der Waals surface area contributed by atoms with Crippen LogP contribution in [-0.2, 0) is 4.79 Å². The summed E-state index contributed by atoms with van der Waals surface area (Å²) in [5, 5.41) is 2.38. The first kappa shape index (κ1) is 25.2. The lowest BCUT2D eigenvalue weighted by atomic mass is 10.0. The van der Waals surface area contributed by atoms with Crippen molar-refractivity contribution in [3.8, 4) is 0 Å². The zero-order chi connectivity index (χ0) is 22.0. The molecule has 2 aromatic carbocycles. The van der Waals surface area contributed by atoms with Gasteiger partial charge in [-0.3, -0.25) is 15.6 Å². The molecule has 2 rings (SSSR count). The van der Waals surface area contributed by atoms with Crippen molar-refractivity contribution in [2.75, 3.05) is 5.43 Å². The van der Waals surface area contributed by atoms with Gasteiger partial charge in [0, 0.05) is 6.42 Å². The lowest BCUT2D eigenvalue weighted by Crippen LogP contribution is -2.28. The number of hydrogen-bond donors (Lipinski definition) is 2. The predicted octanol–water partition coefficient (Wildman–Crippen LogP) is 8.54. The first-order valence-electron chi connectivity index (χ1n) is 12.8. The summed E-state index contributed by atoms with van der Waals surface area (Å²) in [6.45, 7) is 2.28. The second kappa shape index (κ2) is 16.6. The minimum absolute atomic E-state index is 0.0721. The van der Waals surface area contributed by atoms with Crippen molar-refractivity contribution in [1.29, 1.82) is 0 Å². The number of hydrazine groups is 1. The Morgan fingerprint density at radius 2 is 1.16 bits per heavy atom. The van der Waals surface area contributed by atoms with Crippen molar-refractivity contribution in [1.82, 2.24) is 5.43 Å². The normalized spacial score (nSPS) is 11.0. The Bertz CT molecular complexity index is 728. The maximum atomic E-state index is 12.0. The molecule has 0 aliphatic rings. The van der Waals surface area contributed by atoms with Crippen LogP contribution in [0.15, 0.2) is 42.5 Å². The van der Waals surface area contributed by atoms with Crippen LogP contribution in [0, 0.1) is 0 Å². The number of amides is 1. The molecule has 0 aliphatic heterocycles. The molecule has 0 aromatic heterocycles. The monoisotopic (exact) mass is 424 g/mol. The molecule has 0 saturated heterocycles. The number of rotatable bonds is 18. The SMILES string of the molecule is CCCCCCCCCCCCCCCCCC(=O)NNc1ccc2ccccc2c1. The fraction of sp³-hybridized carbons (Fsp3) is 0.607. The van der Waals surface area contributed by atoms with Gasteiger partial charge in [0.05, 0.1) is 5.69 Å². The van der Waals surface area contributed by atoms with E-state index in [1.54, 1.807) is 0 Å². The van der Waals surface area contributed by atoms with Gasteiger partial charge in [-0.25, -0.2) is 0 Å². The molecule has 2 aromatic rings. The number of fused-ring (bicyclic) bond motifs is 1. The van der Waals surface area contributed by atoms with Gasteiger partial charge in [-0.05, 0) is 29.3 Å². The topological polar surface area (TPSA) is 41.1 Å². The van der Waals surface area contributed by atoms with E-state index in [1.807, 2.05) is 18.2 Å². The fourth-order valence-electron chi connectivity index (χ4n) is 4.13. The highest BCUT2D eigenvalue weighted by Crippen LogP contribution is 2.18. The second-order valence-electron chi connectivity index (χ2n) is 8.93. The molecule has 3 nitrogen and oxygen atoms in total. The Labute approximate surface area is 190 Å². The van der Waals surface area contributed by atoms with Gasteiger partial charge in [0.1, 0.15) is 0 Å². The average Bonchev–Trinajstić information content (AvgIpc) is 2.80. The second-order valence-corrected chi connectivity index (χ2v) is 8.93. The minimum Gasteiger partial charge on any atom is -0.299 e. The van der Waals surface area contributed by atoms with Gasteiger partial charge in [-0.15, -0.1) is 0 Å². The van der Waals surface area contributed by atoms with Crippen molar-refractivity contribution in [3.05, 3.63) is 42.5 Å². The van der Waals surface area contributed by atoms with Gasteiger partial charge in [-0.1, -0.05) is 127 Å². The van der Waals surface area contributed by atoms with Crippen LogP contribution in [0.25, 0.3) is 10.8 Å². The van der Waals surface area contributed by atoms with E-state index in [9.17, 15) is 4.79 Å². The van der Waals surface area contributed by atoms with Gasteiger partial charge in [0.2, 0.25) is 5.91 Å². The Kier molecular flexibility index (Phi) is 13.5. The molecule has 0 unspecified atom stereocenters. The Morgan fingerprint density at radius 1 is 0.645 bits per heavy atom. The summed E-state index contributed by atoms with van der Waals surface area (Å²) >= 11 is 0. The molecule has 0 heterocycles. The molecular weight excluding hydrogens is 380 g/mol. The summed E-state index contributed by atoms with van der Waals surface area (Å²) in [5.74, 6) is 0.0721. The third kappa shape index (κ3) is 11.8. The van der Waals surface area contributed by atoms with Crippen LogP contribution in [0.1, 0.15) is 110 Å². The minimum atomic E-state index is 0.0721. The molecular formula is C28H44N2O. The van der Waals surface area contributed by atoms with Crippen molar-refractivity contribution >= 4 is 22.4 Å². The van der Waals surface area contributed by atoms with Crippen LogP contribution in [0.3, 0.4) is 0 Å². The lowest BCUT2D eigenvalue weighted by molar-refractivity contribution is -0.120. The number of unbranched alkanes of at least 4 members (excludes halogenated alkanes) is 14. The van der Waals surface area contributed by atoms with E-state index in [1.165, 1.54) is 94.2 Å². The van der Waals surface area contributed by atoms with Crippen molar-refractivity contribution < 1.29 is 4.79 Å². The highest BCUT2D eigenvalue weighted by Gasteiger charge is 2.02. The average molecular weight is 425 g/mol. The van der Waals surface area contributed by atoms with Crippen LogP contribution in [0.2, 0.25) is 0 Å². The fourth-order valence-corrected chi connectivity index (χ4v) is 4.13. The largest absolute Gasteiger partial charge is 0.299 e. The number of anilines is 1. The first-order valence-corrected chi connectivity index (χ1v) is 12.8. The zero-order valence-corrected chi connectivity index (χ0v) is 19.8. The number of carbonyl (C=O) groups is 1. The molecule has 0 bridgehead atoms. The highest BCUT2D eigenvalue weighted by atomic mass is 16.2. The van der Waals surface area contributed by atoms with Gasteiger partial charge in [-0.2, -0.15) is 0 Å². The zero-order valence-electron chi connectivity index (χ0n) is 19.8. The quantitative estimate of drug-likeness (QED) is 0.186. The smallest absolute Gasteiger partial charge is 0.238 e. The third-order valence-corrected chi connectivity index (χ3v) is 6.10. The Morgan fingerprint density at radius 3 is 1.74 bits per heavy atom. The number of nitrogens with one attached hydrogen (secondary N) is 2. The van der Waals surface area contributed by atoms with E-state index in [4.69, 9.17) is 0 Å². The van der Waals surface area contributed by atoms with Crippen molar-refractivity contribution in [2.24, 2.45) is 0 Å². The molecule has 0 saturated carbocycles. The molecule has 2 N–H and O–H groups in total. The molecule has 31 heavy (non-hydrogen) atoms. The summed E-state index contributed by atoms with van der Waals surface area (Å²) in [4.78, 5) is 12.0. The number of benzene rings is 2. The number of carbonyl (C=O) groups excluding carboxylic acids is 1. The Balaban J connectivity index is 1.37. The molecule has 0 aliphatic carbocycles. The number of hydrogen-bond acceptors (Lipinski definition) is 2. The van der Waals surface area contributed by atoms with E-state index in [0.29, 0.717) is 6.42 Å². The standard InChI is InChI=1S/C28H44N2O/c1-2-3-4-5-6-7-8-9-10-11-12-13-14-15-16-21-28(31)30-29-27-23-22-25-19-17-18-20-26(25)24-27/h17-20,22-24,29H,2-16,21H2,1H3,(H,30,31). The maximum Gasteiger partial charge on any atom is 0.238 e. The van der Waals surface area contributed by atoms with E-state index in [2.05, 4.69) is 42.0 Å². The first-order chi connectivity index (χ1) is 15.3. The van der Waals surface area contributed by atoms with Crippen LogP contribution >= 0.6 is 0 Å². The predicted molar refractivity (Wildman–Crippen MR) is 135 cm³/mol. The van der Waals surface area contributed by atoms with E-state index in [0.717, 1.165) is 18.5 Å². The highest BCUT2D eigenvalue weighted by molar-refractivity contribution is 5.86. The molecule has 1 amide bonds. The third-order valence-electron chi connectivity index (χ3n) is 6.10. The van der Waals surface area contributed by atoms with E-state index >= 15 is 0 Å². The van der Waals surface area contributed by atoms with E-state index < -0.39 is 0 Å². The van der Waals surface area contributed by atoms with Crippen LogP contribution in [-0.4, -0.2) is 5.91 Å². The molecule has 0 fully saturated rings. The lowest BCUT2D eigenvalue weighted by Gasteiger charge is -2.09. The summed E-state index contributed by atoms with van der Waals surface area (Å²) < 4.78 is 0. The van der Waals surface area contributed by atoms with Crippen LogP contribution in [0.5, 0.6) is 0 Å². The van der Waals surface area contributed by atoms with Gasteiger partial charge < -0.3 is 0 Å². The summed E-state index contributed by atoms with van der Waals surface area (Å²) in [5.41, 5.74) is 6.78. The summed E-state index contributed by atoms with van der Waals surface area (Å²) in [7, 11) is 0. The summed E-state index contributed by atoms with van der Waals surface area (Å²) in [6, 6.07) is 14.4. The Hall–Kier alpha value is -2.03. The van der Waals surface area contributed by atoms with Gasteiger partial charge in [0.25, 0.3) is 0 Å². The molecule has 0 atom stereocenters. The van der Waals surface area contributed by atoms with Crippen LogP contribution in [0.4, 0.5) is 5.69 Å². The molecule has 0 radical (unpaired) electrons. The molecule has 172 valence electrons.